The van der Waals surface area contributed by atoms with Gasteiger partial charge in [0.2, 0.25) is 6.79 Å². The molecule has 1 saturated carbocycles. The van der Waals surface area contributed by atoms with Crippen molar-refractivity contribution in [2.45, 2.75) is 25.2 Å². The molecule has 0 amide bonds. The van der Waals surface area contributed by atoms with E-state index in [4.69, 9.17) is 21.1 Å². The highest BCUT2D eigenvalue weighted by atomic mass is 35.5. The molecule has 90 valence electrons. The van der Waals surface area contributed by atoms with E-state index in [9.17, 15) is 9.90 Å². The molecule has 0 atom stereocenters. The Morgan fingerprint density at radius 1 is 1.41 bits per heavy atom. The molecule has 0 unspecified atom stereocenters. The van der Waals surface area contributed by atoms with Gasteiger partial charge in [0.15, 0.2) is 11.5 Å². The fraction of sp³-hybridized carbons (Fsp3) is 0.417. The maximum absolute atomic E-state index is 11.3. The summed E-state index contributed by atoms with van der Waals surface area (Å²) < 4.78 is 10.6. The minimum atomic E-state index is -0.796. The summed E-state index contributed by atoms with van der Waals surface area (Å²) in [7, 11) is 0. The van der Waals surface area contributed by atoms with E-state index in [1.165, 1.54) is 0 Å². The van der Waals surface area contributed by atoms with Gasteiger partial charge in [0.05, 0.1) is 10.4 Å². The van der Waals surface area contributed by atoms with Gasteiger partial charge in [0.1, 0.15) is 0 Å². The van der Waals surface area contributed by atoms with Gasteiger partial charge < -0.3 is 14.6 Å². The highest BCUT2D eigenvalue weighted by Gasteiger charge is 2.53. The molecule has 4 nitrogen and oxygen atoms in total. The normalized spacial score (nSPS) is 19.2. The van der Waals surface area contributed by atoms with Gasteiger partial charge in [-0.25, -0.2) is 0 Å². The van der Waals surface area contributed by atoms with Crippen LogP contribution >= 0.6 is 11.6 Å². The quantitative estimate of drug-likeness (QED) is 0.881. The summed E-state index contributed by atoms with van der Waals surface area (Å²) in [5.74, 6) is 0.310. The van der Waals surface area contributed by atoms with E-state index in [1.54, 1.807) is 6.07 Å². The summed E-state index contributed by atoms with van der Waals surface area (Å²) in [4.78, 5) is 11.3. The number of carbonyl (C=O) groups is 1. The third-order valence-corrected chi connectivity index (χ3v) is 3.80. The van der Waals surface area contributed by atoms with E-state index < -0.39 is 11.4 Å². The Labute approximate surface area is 103 Å². The van der Waals surface area contributed by atoms with Crippen molar-refractivity contribution in [3.05, 3.63) is 22.2 Å². The van der Waals surface area contributed by atoms with Crippen LogP contribution in [0, 0.1) is 6.92 Å². The third kappa shape index (κ3) is 1.33. The number of ether oxygens (including phenoxy) is 2. The highest BCUT2D eigenvalue weighted by molar-refractivity contribution is 6.32. The second kappa shape index (κ2) is 3.29. The zero-order valence-electron chi connectivity index (χ0n) is 9.25. The minimum Gasteiger partial charge on any atom is -0.481 e. The Morgan fingerprint density at radius 2 is 2.06 bits per heavy atom. The fourth-order valence-corrected chi connectivity index (χ4v) is 2.63. The molecule has 17 heavy (non-hydrogen) atoms. The lowest BCUT2D eigenvalue weighted by Gasteiger charge is -2.15. The Hall–Kier alpha value is -1.42. The van der Waals surface area contributed by atoms with E-state index in [0.29, 0.717) is 29.4 Å². The lowest BCUT2D eigenvalue weighted by molar-refractivity contribution is -0.140. The van der Waals surface area contributed by atoms with Crippen molar-refractivity contribution in [1.82, 2.24) is 0 Å². The minimum absolute atomic E-state index is 0.138. The van der Waals surface area contributed by atoms with Crippen LogP contribution < -0.4 is 9.47 Å². The molecular formula is C12H11ClO4. The van der Waals surface area contributed by atoms with Crippen molar-refractivity contribution < 1.29 is 19.4 Å². The number of halogens is 1. The first-order valence-corrected chi connectivity index (χ1v) is 5.76. The Morgan fingerprint density at radius 3 is 2.65 bits per heavy atom. The lowest BCUT2D eigenvalue weighted by Crippen LogP contribution is -2.20. The molecule has 5 heteroatoms. The van der Waals surface area contributed by atoms with Crippen LogP contribution in [0.25, 0.3) is 0 Å². The first kappa shape index (κ1) is 10.7. The van der Waals surface area contributed by atoms with Crippen LogP contribution in [0.5, 0.6) is 11.5 Å². The van der Waals surface area contributed by atoms with E-state index in [2.05, 4.69) is 0 Å². The first-order chi connectivity index (χ1) is 8.06. The molecule has 0 radical (unpaired) electrons. The van der Waals surface area contributed by atoms with Gasteiger partial charge in [0, 0.05) is 0 Å². The average molecular weight is 255 g/mol. The Kier molecular flexibility index (Phi) is 2.08. The lowest BCUT2D eigenvalue weighted by atomic mass is 9.91. The summed E-state index contributed by atoms with van der Waals surface area (Å²) in [6, 6.07) is 1.70. The average Bonchev–Trinajstić information content (AvgIpc) is 2.93. The summed E-state index contributed by atoms with van der Waals surface area (Å²) in [5, 5.41) is 9.73. The van der Waals surface area contributed by atoms with Crippen LogP contribution in [-0.4, -0.2) is 17.9 Å². The molecule has 1 heterocycles. The van der Waals surface area contributed by atoms with Crippen LogP contribution in [-0.2, 0) is 10.2 Å². The zero-order valence-corrected chi connectivity index (χ0v) is 10.0. The Bertz CT molecular complexity index is 520. The smallest absolute Gasteiger partial charge is 0.314 e. The van der Waals surface area contributed by atoms with Crippen LogP contribution in [0.3, 0.4) is 0 Å². The van der Waals surface area contributed by atoms with Crippen LogP contribution in [0.2, 0.25) is 5.02 Å². The number of carboxylic acid groups (broad SMARTS) is 1. The van der Waals surface area contributed by atoms with Gasteiger partial charge in [-0.05, 0) is 37.0 Å². The maximum Gasteiger partial charge on any atom is 0.314 e. The van der Waals surface area contributed by atoms with Crippen molar-refractivity contribution in [2.24, 2.45) is 0 Å². The molecule has 1 aromatic carbocycles. The first-order valence-electron chi connectivity index (χ1n) is 5.39. The zero-order chi connectivity index (χ0) is 12.2. The number of benzene rings is 1. The molecule has 1 aliphatic carbocycles. The molecule has 2 aliphatic rings. The van der Waals surface area contributed by atoms with E-state index in [1.807, 2.05) is 6.92 Å². The molecule has 0 aromatic heterocycles. The number of rotatable bonds is 2. The molecule has 1 aliphatic heterocycles. The molecule has 1 aromatic rings. The topological polar surface area (TPSA) is 55.8 Å². The third-order valence-electron chi connectivity index (χ3n) is 3.52. The van der Waals surface area contributed by atoms with Gasteiger partial charge in [0.25, 0.3) is 0 Å². The number of hydrogen-bond donors (Lipinski definition) is 1. The molecule has 1 fully saturated rings. The Balaban J connectivity index is 2.20. The highest BCUT2D eigenvalue weighted by Crippen LogP contribution is 2.54. The number of aliphatic carboxylic acids is 1. The monoisotopic (exact) mass is 254 g/mol. The second-order valence-electron chi connectivity index (χ2n) is 4.48. The van der Waals surface area contributed by atoms with Crippen molar-refractivity contribution in [3.8, 4) is 11.5 Å². The molecule has 0 saturated heterocycles. The van der Waals surface area contributed by atoms with Gasteiger partial charge in [-0.15, -0.1) is 0 Å². The van der Waals surface area contributed by atoms with Crippen molar-refractivity contribution in [1.29, 1.82) is 0 Å². The second-order valence-corrected chi connectivity index (χ2v) is 4.89. The molecule has 3 rings (SSSR count). The van der Waals surface area contributed by atoms with Gasteiger partial charge in [-0.1, -0.05) is 11.6 Å². The number of fused-ring (bicyclic) bond motifs is 1. The number of carboxylic acids is 1. The fourth-order valence-electron chi connectivity index (χ4n) is 2.38. The summed E-state index contributed by atoms with van der Waals surface area (Å²) >= 11 is 6.09. The molecule has 0 bridgehead atoms. The van der Waals surface area contributed by atoms with E-state index in [0.717, 1.165) is 11.1 Å². The van der Waals surface area contributed by atoms with E-state index >= 15 is 0 Å². The largest absolute Gasteiger partial charge is 0.481 e. The van der Waals surface area contributed by atoms with Crippen molar-refractivity contribution in [3.63, 3.8) is 0 Å². The van der Waals surface area contributed by atoms with Gasteiger partial charge in [-0.2, -0.15) is 0 Å². The van der Waals surface area contributed by atoms with Gasteiger partial charge in [-0.3, -0.25) is 4.79 Å². The summed E-state index contributed by atoms with van der Waals surface area (Å²) in [5.41, 5.74) is 0.801. The van der Waals surface area contributed by atoms with Crippen LogP contribution in [0.4, 0.5) is 0 Å². The molecule has 1 N–H and O–H groups in total. The van der Waals surface area contributed by atoms with Crippen molar-refractivity contribution in [2.75, 3.05) is 6.79 Å². The molecule has 0 spiro atoms. The van der Waals surface area contributed by atoms with E-state index in [-0.39, 0.29) is 6.79 Å². The predicted octanol–water partition coefficient (Wildman–Crippen LogP) is 2.49. The van der Waals surface area contributed by atoms with Crippen LogP contribution in [0.1, 0.15) is 24.0 Å². The summed E-state index contributed by atoms with van der Waals surface area (Å²) in [6.07, 6.45) is 1.30. The SMILES string of the molecule is Cc1c(C2(C(=O)O)CC2)cc(Cl)c2c1OCO2. The maximum atomic E-state index is 11.3. The predicted molar refractivity (Wildman–Crippen MR) is 60.9 cm³/mol. The van der Waals surface area contributed by atoms with Crippen LogP contribution in [0.15, 0.2) is 6.07 Å². The van der Waals surface area contributed by atoms with Gasteiger partial charge >= 0.3 is 5.97 Å². The summed E-state index contributed by atoms with van der Waals surface area (Å²) in [6.45, 7) is 1.99. The number of hydrogen-bond acceptors (Lipinski definition) is 3. The standard InChI is InChI=1S/C12H11ClO4/c1-6-7(12(2-3-12)11(14)15)4-8(13)10-9(6)16-5-17-10/h4H,2-3,5H2,1H3,(H,14,15). The van der Waals surface area contributed by atoms with Crippen molar-refractivity contribution >= 4 is 17.6 Å². The molecular weight excluding hydrogens is 244 g/mol.